The largest absolute Gasteiger partial charge is 0.460 e. The molecule has 0 aliphatic rings. The van der Waals surface area contributed by atoms with Crippen molar-refractivity contribution in [1.29, 1.82) is 0 Å². The van der Waals surface area contributed by atoms with Gasteiger partial charge in [0, 0.05) is 5.56 Å². The van der Waals surface area contributed by atoms with Crippen LogP contribution in [0.5, 0.6) is 0 Å². The summed E-state index contributed by atoms with van der Waals surface area (Å²) in [6.45, 7) is 0. The Balaban J connectivity index is 2.64. The van der Waals surface area contributed by atoms with Gasteiger partial charge in [-0.05, 0) is 11.6 Å². The second-order valence-corrected chi connectivity index (χ2v) is 9.70. The molecule has 2 aromatic carbocycles. The fourth-order valence-corrected chi connectivity index (χ4v) is 4.03. The van der Waals surface area contributed by atoms with E-state index in [-0.39, 0.29) is 5.56 Å². The molecule has 0 unspecified atom stereocenters. The van der Waals surface area contributed by atoms with Crippen molar-refractivity contribution in [3.63, 3.8) is 0 Å². The number of nitrogens with one attached hydrogen (secondary N) is 1. The minimum Gasteiger partial charge on any atom is -0.278 e. The lowest BCUT2D eigenvalue weighted by Gasteiger charge is -2.42. The summed E-state index contributed by atoms with van der Waals surface area (Å²) in [6.07, 6.45) is -7.89. The highest BCUT2D eigenvalue weighted by Crippen LogP contribution is 2.64. The number of sulfonamides is 1. The molecule has 0 atom stereocenters. The van der Waals surface area contributed by atoms with Crippen LogP contribution in [0.25, 0.3) is 11.1 Å². The van der Waals surface area contributed by atoms with Crippen LogP contribution in [0, 0.1) is 0 Å². The van der Waals surface area contributed by atoms with Crippen LogP contribution in [0.15, 0.2) is 54.6 Å². The second-order valence-electron chi connectivity index (χ2n) is 7.98. The Morgan fingerprint density at radius 3 is 1.27 bits per heavy atom. The minimum atomic E-state index is -8.89. The molecule has 0 aromatic heterocycles. The Labute approximate surface area is 217 Å². The zero-order valence-corrected chi connectivity index (χ0v) is 19.7. The van der Waals surface area contributed by atoms with Crippen LogP contribution in [0.4, 0.5) is 80.3 Å². The Hall–Kier alpha value is -3.00. The molecule has 0 aliphatic carbocycles. The van der Waals surface area contributed by atoms with Gasteiger partial charge < -0.3 is 0 Å². The van der Waals surface area contributed by atoms with E-state index in [1.54, 1.807) is 0 Å². The Bertz CT molecular complexity index is 1360. The number of rotatable bonds is 10. The Kier molecular flexibility index (Phi) is 8.16. The maximum atomic E-state index is 14.4. The van der Waals surface area contributed by atoms with Gasteiger partial charge in [0.1, 0.15) is 0 Å². The Morgan fingerprint density at radius 2 is 0.829 bits per heavy atom. The number of benzene rings is 2. The van der Waals surface area contributed by atoms with Gasteiger partial charge in [0.05, 0.1) is 5.69 Å². The molecule has 0 fully saturated rings. The predicted molar refractivity (Wildman–Crippen MR) is 105 cm³/mol. The standard InChI is InChI=1S/C20H10F17NO2S/c21-13(22,15(25,26)17(29,30)19(33,34)35)14(23,24)16(27,28)18(31,32)20(36,37)41(39,40)38-12-9-5-4-8-11(12)10-6-2-1-3-7-10/h1-9,38H. The molecule has 0 saturated carbocycles. The molecule has 41 heavy (non-hydrogen) atoms. The van der Waals surface area contributed by atoms with Crippen molar-refractivity contribution in [2.45, 2.75) is 47.0 Å². The van der Waals surface area contributed by atoms with Gasteiger partial charge >= 0.3 is 57.0 Å². The van der Waals surface area contributed by atoms with E-state index in [1.165, 1.54) is 18.2 Å². The van der Waals surface area contributed by atoms with E-state index in [9.17, 15) is 83.1 Å². The lowest BCUT2D eigenvalue weighted by molar-refractivity contribution is -0.458. The molecule has 1 N–H and O–H groups in total. The number of halogens is 17. The highest BCUT2D eigenvalue weighted by atomic mass is 32.2. The summed E-state index contributed by atoms with van der Waals surface area (Å²) in [5.41, 5.74) is -1.65. The summed E-state index contributed by atoms with van der Waals surface area (Å²) < 4.78 is 253. The number of anilines is 1. The highest BCUT2D eigenvalue weighted by Gasteiger charge is 2.96. The molecular formula is C20H10F17NO2S. The summed E-state index contributed by atoms with van der Waals surface area (Å²) in [4.78, 5) is 0. The molecule has 2 rings (SSSR count). The van der Waals surface area contributed by atoms with E-state index in [1.807, 2.05) is 0 Å². The molecule has 0 bridgehead atoms. The summed E-state index contributed by atoms with van der Waals surface area (Å²) in [6, 6.07) is 9.63. The van der Waals surface area contributed by atoms with Crippen LogP contribution < -0.4 is 4.72 Å². The smallest absolute Gasteiger partial charge is 0.278 e. The van der Waals surface area contributed by atoms with Crippen molar-refractivity contribution < 1.29 is 83.1 Å². The number of alkyl halides is 17. The van der Waals surface area contributed by atoms with Crippen molar-refractivity contribution in [3.05, 3.63) is 54.6 Å². The van der Waals surface area contributed by atoms with Gasteiger partial charge in [-0.3, -0.25) is 4.72 Å². The molecule has 3 nitrogen and oxygen atoms in total. The average molecular weight is 651 g/mol. The van der Waals surface area contributed by atoms with Crippen molar-refractivity contribution in [2.75, 3.05) is 4.72 Å². The summed E-state index contributed by atoms with van der Waals surface area (Å²) in [5, 5.41) is -7.66. The molecule has 0 saturated heterocycles. The zero-order valence-electron chi connectivity index (χ0n) is 18.8. The SMILES string of the molecule is O=S(=O)(Nc1ccccc1-c1ccccc1)C(F)(F)C(F)(F)C(F)(F)C(F)(F)C(F)(F)C(F)(F)C(F)(F)C(F)(F)F. The molecule has 0 radical (unpaired) electrons. The average Bonchev–Trinajstić information content (AvgIpc) is 2.83. The molecule has 0 amide bonds. The molecular weight excluding hydrogens is 641 g/mol. The maximum absolute atomic E-state index is 14.4. The van der Waals surface area contributed by atoms with E-state index < -0.39 is 68.2 Å². The van der Waals surface area contributed by atoms with Crippen molar-refractivity contribution in [1.82, 2.24) is 0 Å². The zero-order chi connectivity index (χ0) is 32.3. The third-order valence-electron chi connectivity index (χ3n) is 5.29. The first-order valence-corrected chi connectivity index (χ1v) is 11.4. The first kappa shape index (κ1) is 34.2. The lowest BCUT2D eigenvalue weighted by Crippen LogP contribution is -2.75. The van der Waals surface area contributed by atoms with Crippen molar-refractivity contribution in [3.8, 4) is 11.1 Å². The van der Waals surface area contributed by atoms with Gasteiger partial charge in [-0.15, -0.1) is 0 Å². The van der Waals surface area contributed by atoms with E-state index in [4.69, 9.17) is 0 Å². The first-order chi connectivity index (χ1) is 18.1. The second kappa shape index (κ2) is 9.79. The quantitative estimate of drug-likeness (QED) is 0.265. The van der Waals surface area contributed by atoms with E-state index in [0.717, 1.165) is 30.3 Å². The van der Waals surface area contributed by atoms with E-state index >= 15 is 0 Å². The maximum Gasteiger partial charge on any atom is 0.460 e. The van der Waals surface area contributed by atoms with Crippen LogP contribution in [-0.4, -0.2) is 55.4 Å². The van der Waals surface area contributed by atoms with E-state index in [2.05, 4.69) is 0 Å². The number of hydrogen-bond donors (Lipinski definition) is 1. The normalized spacial score (nSPS) is 15.1. The fourth-order valence-electron chi connectivity index (χ4n) is 2.97. The minimum absolute atomic E-state index is 0.0646. The van der Waals surface area contributed by atoms with Crippen LogP contribution in [0.3, 0.4) is 0 Å². The topological polar surface area (TPSA) is 46.2 Å². The van der Waals surface area contributed by atoms with Gasteiger partial charge in [-0.25, -0.2) is 0 Å². The summed E-state index contributed by atoms with van der Waals surface area (Å²) in [7, 11) is -7.48. The molecule has 0 heterocycles. The molecule has 0 spiro atoms. The summed E-state index contributed by atoms with van der Waals surface area (Å²) >= 11 is 0. The third-order valence-corrected chi connectivity index (χ3v) is 6.71. The van der Waals surface area contributed by atoms with Gasteiger partial charge in [0.25, 0.3) is 0 Å². The highest BCUT2D eigenvalue weighted by molar-refractivity contribution is 7.93. The number of para-hydroxylation sites is 1. The monoisotopic (exact) mass is 651 g/mol. The van der Waals surface area contributed by atoms with Crippen LogP contribution >= 0.6 is 0 Å². The number of hydrogen-bond acceptors (Lipinski definition) is 2. The fraction of sp³-hybridized carbons (Fsp3) is 0.400. The predicted octanol–water partition coefficient (Wildman–Crippen LogP) is 8.06. The molecule has 232 valence electrons. The summed E-state index contributed by atoms with van der Waals surface area (Å²) in [5.74, 6) is -51.9. The van der Waals surface area contributed by atoms with Crippen LogP contribution in [0.2, 0.25) is 0 Å². The molecule has 0 aliphatic heterocycles. The third kappa shape index (κ3) is 4.82. The van der Waals surface area contributed by atoms with Gasteiger partial charge in [0.2, 0.25) is 0 Å². The van der Waals surface area contributed by atoms with Gasteiger partial charge in [-0.2, -0.15) is 83.1 Å². The Morgan fingerprint density at radius 1 is 0.463 bits per heavy atom. The van der Waals surface area contributed by atoms with Crippen molar-refractivity contribution >= 4 is 15.7 Å². The van der Waals surface area contributed by atoms with Crippen LogP contribution in [-0.2, 0) is 10.0 Å². The first-order valence-electron chi connectivity index (χ1n) is 9.94. The van der Waals surface area contributed by atoms with Gasteiger partial charge in [-0.1, -0.05) is 48.5 Å². The van der Waals surface area contributed by atoms with E-state index in [0.29, 0.717) is 10.8 Å². The van der Waals surface area contributed by atoms with Crippen molar-refractivity contribution in [2.24, 2.45) is 0 Å². The molecule has 2 aromatic rings. The van der Waals surface area contributed by atoms with Crippen LogP contribution in [0.1, 0.15) is 0 Å². The molecule has 21 heteroatoms. The lowest BCUT2D eigenvalue weighted by atomic mass is 9.91. The van der Waals surface area contributed by atoms with Gasteiger partial charge in [0.15, 0.2) is 0 Å².